The van der Waals surface area contributed by atoms with Gasteiger partial charge in [0.05, 0.1) is 4.90 Å². The number of carbonyl (C=O) groups is 1. The number of nitrogens with one attached hydrogen (secondary N) is 1. The van der Waals surface area contributed by atoms with Crippen LogP contribution in [0.5, 0.6) is 0 Å². The molecule has 1 atom stereocenters. The molecule has 1 aliphatic rings. The number of likely N-dealkylation sites (tertiary alicyclic amines) is 1. The van der Waals surface area contributed by atoms with Gasteiger partial charge in [-0.1, -0.05) is 17.7 Å². The van der Waals surface area contributed by atoms with Crippen LogP contribution in [0.1, 0.15) is 36.5 Å². The second-order valence-corrected chi connectivity index (χ2v) is 7.80. The number of nitrogens with zero attached hydrogens (tertiary/aromatic N) is 1. The zero-order valence-corrected chi connectivity index (χ0v) is 14.5. The number of piperidine rings is 1. The second-order valence-electron chi connectivity index (χ2n) is 6.15. The molecule has 1 fully saturated rings. The fourth-order valence-corrected chi connectivity index (χ4v) is 4.94. The first kappa shape index (κ1) is 17.0. The van der Waals surface area contributed by atoms with E-state index in [0.29, 0.717) is 18.0 Å². The Balaban J connectivity index is 2.23. The van der Waals surface area contributed by atoms with E-state index in [9.17, 15) is 13.2 Å². The monoisotopic (exact) mass is 324 g/mol. The first-order chi connectivity index (χ1) is 10.2. The maximum absolute atomic E-state index is 12.7. The molecule has 22 heavy (non-hydrogen) atoms. The highest BCUT2D eigenvalue weighted by molar-refractivity contribution is 7.89. The predicted octanol–water partition coefficient (Wildman–Crippen LogP) is 1.90. The Morgan fingerprint density at radius 2 is 1.82 bits per heavy atom. The molecule has 0 unspecified atom stereocenters. The van der Waals surface area contributed by atoms with Crippen molar-refractivity contribution in [3.05, 3.63) is 28.8 Å². The molecule has 1 N–H and O–H groups in total. The normalized spacial score (nSPS) is 19.3. The third kappa shape index (κ3) is 3.67. The fraction of sp³-hybridized carbons (Fsp3) is 0.562. The number of aryl methyl sites for hydroxylation is 3. The maximum atomic E-state index is 12.7. The van der Waals surface area contributed by atoms with Crippen LogP contribution in [0.3, 0.4) is 0 Å². The number of hydrogen-bond donors (Lipinski definition) is 1. The van der Waals surface area contributed by atoms with Crippen LogP contribution in [0.15, 0.2) is 17.0 Å². The van der Waals surface area contributed by atoms with Gasteiger partial charge in [0, 0.05) is 26.1 Å². The number of rotatable bonds is 3. The molecular weight excluding hydrogens is 300 g/mol. The molecule has 1 aromatic rings. The van der Waals surface area contributed by atoms with Gasteiger partial charge in [0.25, 0.3) is 0 Å². The van der Waals surface area contributed by atoms with Crippen molar-refractivity contribution in [2.45, 2.75) is 51.5 Å². The third-order valence-electron chi connectivity index (χ3n) is 4.06. The molecule has 1 saturated heterocycles. The molecule has 0 spiro atoms. The summed E-state index contributed by atoms with van der Waals surface area (Å²) in [5, 5.41) is 0. The first-order valence-electron chi connectivity index (χ1n) is 7.56. The van der Waals surface area contributed by atoms with Gasteiger partial charge in [-0.05, 0) is 44.7 Å². The number of carbonyl (C=O) groups excluding carboxylic acids is 1. The van der Waals surface area contributed by atoms with Gasteiger partial charge in [-0.3, -0.25) is 4.79 Å². The van der Waals surface area contributed by atoms with Crippen molar-refractivity contribution in [2.24, 2.45) is 0 Å². The Morgan fingerprint density at radius 3 is 2.36 bits per heavy atom. The zero-order chi connectivity index (χ0) is 16.5. The molecule has 0 saturated carbocycles. The summed E-state index contributed by atoms with van der Waals surface area (Å²) >= 11 is 0. The summed E-state index contributed by atoms with van der Waals surface area (Å²) in [6, 6.07) is 3.54. The van der Waals surface area contributed by atoms with E-state index >= 15 is 0 Å². The van der Waals surface area contributed by atoms with Crippen molar-refractivity contribution in [1.82, 2.24) is 9.62 Å². The quantitative estimate of drug-likeness (QED) is 0.923. The van der Waals surface area contributed by atoms with Gasteiger partial charge in [-0.25, -0.2) is 13.1 Å². The van der Waals surface area contributed by atoms with Crippen LogP contribution in [0.4, 0.5) is 0 Å². The average molecular weight is 324 g/mol. The lowest BCUT2D eigenvalue weighted by atomic mass is 10.1. The number of benzene rings is 1. The van der Waals surface area contributed by atoms with E-state index in [1.807, 2.05) is 32.9 Å². The number of sulfonamides is 1. The average Bonchev–Trinajstić information content (AvgIpc) is 2.36. The Morgan fingerprint density at radius 1 is 1.23 bits per heavy atom. The van der Waals surface area contributed by atoms with E-state index < -0.39 is 10.0 Å². The standard InChI is InChI=1S/C16H24N2O3S/c1-11-8-12(2)16(13(3)9-11)22(20,21)17-15-6-5-7-18(10-15)14(4)19/h8-9,15,17H,5-7,10H2,1-4H3/t15-/m1/s1. The van der Waals surface area contributed by atoms with Gasteiger partial charge in [-0.15, -0.1) is 0 Å². The van der Waals surface area contributed by atoms with Crippen molar-refractivity contribution in [2.75, 3.05) is 13.1 Å². The summed E-state index contributed by atoms with van der Waals surface area (Å²) in [7, 11) is -3.58. The third-order valence-corrected chi connectivity index (χ3v) is 5.89. The van der Waals surface area contributed by atoms with Crippen molar-refractivity contribution < 1.29 is 13.2 Å². The molecule has 122 valence electrons. The Bertz CT molecular complexity index is 660. The minimum atomic E-state index is -3.58. The van der Waals surface area contributed by atoms with E-state index in [0.717, 1.165) is 29.5 Å². The van der Waals surface area contributed by atoms with Crippen LogP contribution in [-0.4, -0.2) is 38.4 Å². The Kier molecular flexibility index (Phi) is 4.92. The fourth-order valence-electron chi connectivity index (χ4n) is 3.23. The molecule has 1 aliphatic heterocycles. The molecule has 0 radical (unpaired) electrons. The highest BCUT2D eigenvalue weighted by Gasteiger charge is 2.28. The van der Waals surface area contributed by atoms with Crippen molar-refractivity contribution in [3.8, 4) is 0 Å². The van der Waals surface area contributed by atoms with E-state index in [-0.39, 0.29) is 11.9 Å². The van der Waals surface area contributed by atoms with Crippen LogP contribution in [-0.2, 0) is 14.8 Å². The smallest absolute Gasteiger partial charge is 0.241 e. The SMILES string of the molecule is CC(=O)N1CCC[C@@H](NS(=O)(=O)c2c(C)cc(C)cc2C)C1. The van der Waals surface area contributed by atoms with Crippen molar-refractivity contribution >= 4 is 15.9 Å². The summed E-state index contributed by atoms with van der Waals surface area (Å²) in [6.07, 6.45) is 1.57. The number of amides is 1. The van der Waals surface area contributed by atoms with Crippen molar-refractivity contribution in [1.29, 1.82) is 0 Å². The Labute approximate surface area is 132 Å². The van der Waals surface area contributed by atoms with Crippen LogP contribution in [0, 0.1) is 20.8 Å². The largest absolute Gasteiger partial charge is 0.341 e. The van der Waals surface area contributed by atoms with Crippen LogP contribution in [0.2, 0.25) is 0 Å². The van der Waals surface area contributed by atoms with Gasteiger partial charge >= 0.3 is 0 Å². The zero-order valence-electron chi connectivity index (χ0n) is 13.6. The second kappa shape index (κ2) is 6.38. The van der Waals surface area contributed by atoms with Crippen LogP contribution < -0.4 is 4.72 Å². The molecule has 6 heteroatoms. The van der Waals surface area contributed by atoms with Crippen molar-refractivity contribution in [3.63, 3.8) is 0 Å². The van der Waals surface area contributed by atoms with E-state index in [4.69, 9.17) is 0 Å². The lowest BCUT2D eigenvalue weighted by molar-refractivity contribution is -0.130. The maximum Gasteiger partial charge on any atom is 0.241 e. The first-order valence-corrected chi connectivity index (χ1v) is 9.04. The molecule has 1 heterocycles. The van der Waals surface area contributed by atoms with Gasteiger partial charge in [-0.2, -0.15) is 0 Å². The molecular formula is C16H24N2O3S. The predicted molar refractivity (Wildman–Crippen MR) is 86.3 cm³/mol. The summed E-state index contributed by atoms with van der Waals surface area (Å²) in [4.78, 5) is 13.5. The Hall–Kier alpha value is -1.40. The molecule has 2 rings (SSSR count). The van der Waals surface area contributed by atoms with Gasteiger partial charge < -0.3 is 4.90 Å². The number of hydrogen-bond acceptors (Lipinski definition) is 3. The van der Waals surface area contributed by atoms with Gasteiger partial charge in [0.2, 0.25) is 15.9 Å². The van der Waals surface area contributed by atoms with E-state index in [1.165, 1.54) is 6.92 Å². The van der Waals surface area contributed by atoms with E-state index in [2.05, 4.69) is 4.72 Å². The molecule has 5 nitrogen and oxygen atoms in total. The van der Waals surface area contributed by atoms with Crippen LogP contribution >= 0.6 is 0 Å². The highest BCUT2D eigenvalue weighted by Crippen LogP contribution is 2.23. The minimum absolute atomic E-state index is 0.00778. The summed E-state index contributed by atoms with van der Waals surface area (Å²) in [5.41, 5.74) is 2.56. The summed E-state index contributed by atoms with van der Waals surface area (Å²) < 4.78 is 28.2. The molecule has 0 aliphatic carbocycles. The molecule has 1 aromatic carbocycles. The van der Waals surface area contributed by atoms with Gasteiger partial charge in [0.15, 0.2) is 0 Å². The molecule has 0 aromatic heterocycles. The topological polar surface area (TPSA) is 66.5 Å². The molecule has 0 bridgehead atoms. The minimum Gasteiger partial charge on any atom is -0.341 e. The summed E-state index contributed by atoms with van der Waals surface area (Å²) in [6.45, 7) is 8.25. The lowest BCUT2D eigenvalue weighted by Crippen LogP contribution is -2.49. The lowest BCUT2D eigenvalue weighted by Gasteiger charge is -2.32. The molecule has 1 amide bonds. The van der Waals surface area contributed by atoms with E-state index in [1.54, 1.807) is 4.90 Å². The van der Waals surface area contributed by atoms with Crippen LogP contribution in [0.25, 0.3) is 0 Å². The van der Waals surface area contributed by atoms with Gasteiger partial charge in [0.1, 0.15) is 0 Å². The highest BCUT2D eigenvalue weighted by atomic mass is 32.2. The summed E-state index contributed by atoms with van der Waals surface area (Å²) in [5.74, 6) is -0.00778.